The molecule has 1 aromatic rings. The van der Waals surface area contributed by atoms with Crippen molar-refractivity contribution in [1.82, 2.24) is 25.1 Å². The van der Waals surface area contributed by atoms with Crippen molar-refractivity contribution in [2.75, 3.05) is 39.1 Å². The summed E-state index contributed by atoms with van der Waals surface area (Å²) >= 11 is 0. The van der Waals surface area contributed by atoms with E-state index < -0.39 is 0 Å². The summed E-state index contributed by atoms with van der Waals surface area (Å²) in [5.74, 6) is 1.14. The Bertz CT molecular complexity index is 747. The number of nitrogens with one attached hydrogen (secondary N) is 1. The molecule has 1 N–H and O–H groups in total. The molecule has 1 saturated carbocycles. The molecule has 3 heterocycles. The third kappa shape index (κ3) is 4.29. The molecule has 0 aromatic carbocycles. The number of rotatable bonds is 5. The lowest BCUT2D eigenvalue weighted by molar-refractivity contribution is -0.137. The van der Waals surface area contributed by atoms with Crippen molar-refractivity contribution in [2.24, 2.45) is 11.8 Å². The molecule has 2 bridgehead atoms. The molecule has 0 spiro atoms. The van der Waals surface area contributed by atoms with Gasteiger partial charge in [0, 0.05) is 75.6 Å². The van der Waals surface area contributed by atoms with Crippen LogP contribution in [0.2, 0.25) is 0 Å². The van der Waals surface area contributed by atoms with Crippen molar-refractivity contribution in [3.63, 3.8) is 0 Å². The Morgan fingerprint density at radius 1 is 1.03 bits per heavy atom. The molecule has 1 aromatic heterocycles. The molecule has 8 heteroatoms. The fourth-order valence-electron chi connectivity index (χ4n) is 5.47. The molecule has 2 saturated heterocycles. The number of piperazine rings is 1. The van der Waals surface area contributed by atoms with Crippen LogP contribution in [0.4, 0.5) is 5.95 Å². The van der Waals surface area contributed by atoms with Crippen LogP contribution in [0.25, 0.3) is 0 Å². The number of likely N-dealkylation sites (N-methyl/N-ethyl adjacent to an activating group) is 1. The average molecular weight is 415 g/mol. The highest BCUT2D eigenvalue weighted by Crippen LogP contribution is 2.33. The first-order valence-corrected chi connectivity index (χ1v) is 11.2. The third-order valence-electron chi connectivity index (χ3n) is 7.08. The molecular weight excluding hydrogens is 380 g/mol. The van der Waals surface area contributed by atoms with Crippen LogP contribution >= 0.6 is 0 Å². The van der Waals surface area contributed by atoms with Crippen LogP contribution in [-0.2, 0) is 16.1 Å². The van der Waals surface area contributed by atoms with E-state index in [9.17, 15) is 9.59 Å². The topological polar surface area (TPSA) is 81.7 Å². The van der Waals surface area contributed by atoms with E-state index in [1.54, 1.807) is 11.9 Å². The van der Waals surface area contributed by atoms with Crippen LogP contribution in [0, 0.1) is 11.8 Å². The van der Waals surface area contributed by atoms with Crippen LogP contribution in [0.5, 0.6) is 0 Å². The predicted molar refractivity (Wildman–Crippen MR) is 115 cm³/mol. The second kappa shape index (κ2) is 8.88. The maximum atomic E-state index is 12.9. The molecule has 3 aliphatic rings. The standard InChI is InChI=1S/C22H34N6O2/c1-23-20(29)16-4-6-17(7-5-16)21(30)27(3)12-15-10-24-22(25-11-15)28-18-8-9-19(28)14-26(2)13-18/h10-11,16-19H,4-9,12-14H2,1-3H3,(H,23,29)/t16-,17-,18?,19?. The molecule has 2 amide bonds. The van der Waals surface area contributed by atoms with Crippen LogP contribution in [-0.4, -0.2) is 77.9 Å². The van der Waals surface area contributed by atoms with Crippen LogP contribution < -0.4 is 10.2 Å². The van der Waals surface area contributed by atoms with Gasteiger partial charge in [0.1, 0.15) is 0 Å². The molecule has 3 fully saturated rings. The fraction of sp³-hybridized carbons (Fsp3) is 0.727. The van der Waals surface area contributed by atoms with E-state index in [0.29, 0.717) is 18.6 Å². The monoisotopic (exact) mass is 414 g/mol. The van der Waals surface area contributed by atoms with Crippen molar-refractivity contribution in [2.45, 2.75) is 57.2 Å². The first kappa shape index (κ1) is 21.0. The van der Waals surface area contributed by atoms with E-state index in [-0.39, 0.29) is 23.7 Å². The van der Waals surface area contributed by atoms with E-state index in [1.165, 1.54) is 12.8 Å². The normalized spacial score (nSPS) is 29.0. The van der Waals surface area contributed by atoms with Crippen LogP contribution in [0.3, 0.4) is 0 Å². The van der Waals surface area contributed by atoms with E-state index in [0.717, 1.165) is 50.3 Å². The largest absolute Gasteiger partial charge is 0.359 e. The minimum atomic E-state index is 0.0112. The van der Waals surface area contributed by atoms with Gasteiger partial charge >= 0.3 is 0 Å². The minimum absolute atomic E-state index is 0.0112. The summed E-state index contributed by atoms with van der Waals surface area (Å²) in [7, 11) is 5.71. The maximum absolute atomic E-state index is 12.9. The van der Waals surface area contributed by atoms with Gasteiger partial charge in [0.15, 0.2) is 0 Å². The number of amides is 2. The van der Waals surface area contributed by atoms with Gasteiger partial charge in [-0.2, -0.15) is 0 Å². The number of carbonyl (C=O) groups excluding carboxylic acids is 2. The number of anilines is 1. The second-order valence-electron chi connectivity index (χ2n) is 9.26. The van der Waals surface area contributed by atoms with Gasteiger partial charge in [-0.25, -0.2) is 9.97 Å². The summed E-state index contributed by atoms with van der Waals surface area (Å²) in [6.07, 6.45) is 9.29. The summed E-state index contributed by atoms with van der Waals surface area (Å²) in [5.41, 5.74) is 0.954. The van der Waals surface area contributed by atoms with Gasteiger partial charge < -0.3 is 20.0 Å². The summed E-state index contributed by atoms with van der Waals surface area (Å²) in [4.78, 5) is 40.5. The number of likely N-dealkylation sites (tertiary alicyclic amines) is 1. The van der Waals surface area contributed by atoms with E-state index in [2.05, 4.69) is 32.1 Å². The van der Waals surface area contributed by atoms with Gasteiger partial charge in [-0.05, 0) is 45.6 Å². The zero-order valence-electron chi connectivity index (χ0n) is 18.4. The second-order valence-corrected chi connectivity index (χ2v) is 9.26. The van der Waals surface area contributed by atoms with Crippen molar-refractivity contribution in [1.29, 1.82) is 0 Å². The molecule has 8 nitrogen and oxygen atoms in total. The number of nitrogens with zero attached hydrogens (tertiary/aromatic N) is 5. The van der Waals surface area contributed by atoms with Gasteiger partial charge in [0.2, 0.25) is 17.8 Å². The lowest BCUT2D eigenvalue weighted by atomic mass is 9.81. The van der Waals surface area contributed by atoms with Gasteiger partial charge in [-0.3, -0.25) is 9.59 Å². The number of fused-ring (bicyclic) bond motifs is 2. The highest BCUT2D eigenvalue weighted by molar-refractivity contribution is 5.81. The Balaban J connectivity index is 1.31. The van der Waals surface area contributed by atoms with Crippen molar-refractivity contribution in [3.8, 4) is 0 Å². The van der Waals surface area contributed by atoms with E-state index in [1.807, 2.05) is 19.4 Å². The van der Waals surface area contributed by atoms with Gasteiger partial charge in [-0.15, -0.1) is 0 Å². The van der Waals surface area contributed by atoms with Gasteiger partial charge in [0.05, 0.1) is 0 Å². The highest BCUT2D eigenvalue weighted by Gasteiger charge is 2.40. The van der Waals surface area contributed by atoms with E-state index in [4.69, 9.17) is 0 Å². The third-order valence-corrected chi connectivity index (χ3v) is 7.08. The number of aromatic nitrogens is 2. The quantitative estimate of drug-likeness (QED) is 0.782. The zero-order valence-corrected chi connectivity index (χ0v) is 18.4. The van der Waals surface area contributed by atoms with Crippen LogP contribution in [0.15, 0.2) is 12.4 Å². The number of hydrogen-bond donors (Lipinski definition) is 1. The summed E-state index contributed by atoms with van der Waals surface area (Å²) in [5, 5.41) is 2.72. The number of hydrogen-bond acceptors (Lipinski definition) is 6. The molecule has 1 aliphatic carbocycles. The molecule has 2 unspecified atom stereocenters. The summed E-state index contributed by atoms with van der Waals surface area (Å²) < 4.78 is 0. The lowest BCUT2D eigenvalue weighted by Crippen LogP contribution is -2.53. The molecular formula is C22H34N6O2. The Morgan fingerprint density at radius 3 is 2.17 bits per heavy atom. The smallest absolute Gasteiger partial charge is 0.225 e. The van der Waals surface area contributed by atoms with E-state index >= 15 is 0 Å². The average Bonchev–Trinajstić information content (AvgIpc) is 3.04. The van der Waals surface area contributed by atoms with Crippen molar-refractivity contribution < 1.29 is 9.59 Å². The highest BCUT2D eigenvalue weighted by atomic mass is 16.2. The zero-order chi connectivity index (χ0) is 21.3. The Hall–Kier alpha value is -2.22. The Morgan fingerprint density at radius 2 is 1.60 bits per heavy atom. The summed E-state index contributed by atoms with van der Waals surface area (Å²) in [6.45, 7) is 2.66. The molecule has 2 atom stereocenters. The van der Waals surface area contributed by atoms with Crippen molar-refractivity contribution >= 4 is 17.8 Å². The predicted octanol–water partition coefficient (Wildman–Crippen LogP) is 1.27. The van der Waals surface area contributed by atoms with Crippen LogP contribution in [0.1, 0.15) is 44.1 Å². The van der Waals surface area contributed by atoms with Gasteiger partial charge in [0.25, 0.3) is 0 Å². The molecule has 0 radical (unpaired) electrons. The van der Waals surface area contributed by atoms with Gasteiger partial charge in [-0.1, -0.05) is 0 Å². The Kier molecular flexibility index (Phi) is 6.22. The van der Waals surface area contributed by atoms with Crippen molar-refractivity contribution in [3.05, 3.63) is 18.0 Å². The maximum Gasteiger partial charge on any atom is 0.225 e. The first-order valence-electron chi connectivity index (χ1n) is 11.2. The number of carbonyl (C=O) groups is 2. The molecule has 2 aliphatic heterocycles. The molecule has 4 rings (SSSR count). The summed E-state index contributed by atoms with van der Waals surface area (Å²) in [6, 6.07) is 1.02. The minimum Gasteiger partial charge on any atom is -0.359 e. The molecule has 30 heavy (non-hydrogen) atoms. The SMILES string of the molecule is CNC(=O)[C@H]1CC[C@H](C(=O)N(C)Cc2cnc(N3C4CCC3CN(C)C4)nc2)CC1. The first-order chi connectivity index (χ1) is 14.5. The fourth-order valence-corrected chi connectivity index (χ4v) is 5.47. The Labute approximate surface area is 179 Å². The lowest BCUT2D eigenvalue weighted by Gasteiger charge is -2.39. The molecule has 164 valence electrons.